The number of nitrogens with zero attached hydrogens (tertiary/aromatic N) is 4. The average Bonchev–Trinajstić information content (AvgIpc) is 3.88. The molecule has 0 saturated heterocycles. The Hall–Kier alpha value is -7.49. The van der Waals surface area contributed by atoms with Gasteiger partial charge in [0, 0.05) is 47.0 Å². The van der Waals surface area contributed by atoms with E-state index in [1.165, 1.54) is 6.07 Å². The van der Waals surface area contributed by atoms with Gasteiger partial charge in [0.2, 0.25) is 5.69 Å². The normalized spacial score (nSPS) is 12.1. The van der Waals surface area contributed by atoms with Crippen molar-refractivity contribution in [2.24, 2.45) is 0 Å². The number of benzene rings is 8. The molecule has 7 heteroatoms. The first-order valence-electron chi connectivity index (χ1n) is 21.4. The van der Waals surface area contributed by atoms with E-state index in [0.717, 1.165) is 89.3 Å². The van der Waals surface area contributed by atoms with Gasteiger partial charge in [-0.25, -0.2) is 9.37 Å². The van der Waals surface area contributed by atoms with Crippen LogP contribution in [0.4, 0.5) is 27.1 Å². The number of fused-ring (bicyclic) bond motifs is 4. The van der Waals surface area contributed by atoms with E-state index in [2.05, 4.69) is 175 Å². The van der Waals surface area contributed by atoms with Crippen molar-refractivity contribution in [3.8, 4) is 50.7 Å². The Labute approximate surface area is 392 Å². The average molecular weight is 1020 g/mol. The van der Waals surface area contributed by atoms with Gasteiger partial charge in [-0.15, -0.1) is 23.6 Å². The number of hydrogen-bond donors (Lipinski definition) is 0. The van der Waals surface area contributed by atoms with Gasteiger partial charge in [-0.3, -0.25) is 0 Å². The zero-order valence-corrected chi connectivity index (χ0v) is 38.1. The molecule has 10 aromatic rings. The van der Waals surface area contributed by atoms with E-state index in [1.807, 2.05) is 53.2 Å². The van der Waals surface area contributed by atoms with Gasteiger partial charge in [0.05, 0.1) is 5.56 Å². The molecule has 0 N–H and O–H groups in total. The van der Waals surface area contributed by atoms with Gasteiger partial charge in [0.1, 0.15) is 17.3 Å². The Bertz CT molecular complexity index is 3440. The molecule has 0 fully saturated rings. The summed E-state index contributed by atoms with van der Waals surface area (Å²) in [6.45, 7) is 6.53. The van der Waals surface area contributed by atoms with Crippen LogP contribution in [-0.4, -0.2) is 15.6 Å². The third kappa shape index (κ3) is 7.61. The molecule has 5 nitrogen and oxygen atoms in total. The molecule has 0 saturated carbocycles. The maximum Gasteiger partial charge on any atom is 2.00 e. The minimum absolute atomic E-state index is 0. The monoisotopic (exact) mass is 1020 g/mol. The molecule has 0 amide bonds. The summed E-state index contributed by atoms with van der Waals surface area (Å²) in [4.78, 5) is 4.79. The van der Waals surface area contributed by atoms with Crippen molar-refractivity contribution in [3.63, 3.8) is 0 Å². The van der Waals surface area contributed by atoms with Crippen LogP contribution < -0.4 is 13.9 Å². The zero-order chi connectivity index (χ0) is 43.4. The van der Waals surface area contributed by atoms with Gasteiger partial charge in [0.25, 0.3) is 5.69 Å². The Kier molecular flexibility index (Phi) is 10.8. The molecular weight excluding hydrogens is 983 g/mol. The van der Waals surface area contributed by atoms with Crippen LogP contribution in [0.15, 0.2) is 194 Å². The summed E-state index contributed by atoms with van der Waals surface area (Å²) < 4.78 is 27.6. The number of halogens is 1. The molecule has 0 unspecified atom stereocenters. The van der Waals surface area contributed by atoms with Crippen molar-refractivity contribution in [2.45, 2.75) is 26.2 Å². The molecule has 0 radical (unpaired) electrons. The second kappa shape index (κ2) is 16.9. The van der Waals surface area contributed by atoms with Crippen molar-refractivity contribution in [1.82, 2.24) is 18.7 Å². The smallest absolute Gasteiger partial charge is 0.509 e. The molecule has 0 spiro atoms. The number of para-hydroxylation sites is 2. The fraction of sp³-hybridized carbons (Fsp3) is 0.0690. The summed E-state index contributed by atoms with van der Waals surface area (Å²) in [7, 11) is 0. The number of ether oxygens (including phenoxy) is 1. The standard InChI is InChI=1S/C58H41FN4O.Pt/c1-58(2,3)41-32-33-60-55(34-41)63-52-31-28-42(59)35-51(52)49-30-29-46(37-54(49)63)64-45-23-13-22-44(36-45)61-38-62(43-20-11-6-12-21-43)57-50(26-15-27-53(57)61)56-47(39-16-7-4-8-17-39)24-14-25-48(56)40-18-9-5-10-19-40;/h4-35H,1-3H3;/q;+2. The topological polar surface area (TPSA) is 33.1 Å². The van der Waals surface area contributed by atoms with E-state index in [0.29, 0.717) is 11.5 Å². The number of pyridine rings is 1. The zero-order valence-electron chi connectivity index (χ0n) is 35.9. The molecule has 11 rings (SSSR count). The van der Waals surface area contributed by atoms with Crippen LogP contribution in [0.2, 0.25) is 0 Å². The predicted molar refractivity (Wildman–Crippen MR) is 259 cm³/mol. The first-order valence-corrected chi connectivity index (χ1v) is 21.4. The minimum atomic E-state index is -0.304. The molecule has 2 aromatic heterocycles. The molecule has 3 heterocycles. The third-order valence-electron chi connectivity index (χ3n) is 11.9. The van der Waals surface area contributed by atoms with Crippen molar-refractivity contribution >= 4 is 50.6 Å². The summed E-state index contributed by atoms with van der Waals surface area (Å²) in [5.41, 5.74) is 13.0. The summed E-state index contributed by atoms with van der Waals surface area (Å²) in [6, 6.07) is 74.1. The fourth-order valence-corrected chi connectivity index (χ4v) is 8.81. The molecule has 0 aliphatic carbocycles. The molecule has 65 heavy (non-hydrogen) atoms. The van der Waals surface area contributed by atoms with Gasteiger partial charge >= 0.3 is 32.8 Å². The van der Waals surface area contributed by atoms with E-state index in [1.54, 1.807) is 12.1 Å². The largest absolute Gasteiger partial charge is 2.00 e. The SMILES string of the molecule is CC(C)(C)c1ccnc(-n2c3[c-]c(Oc4[c-]c([N+]5=C=[N+](c6ccccc6)c6c(-c7c(-c8ccccc8)cccc7-c7ccccc7)cccc65)ccc4)ccc3c3cc(F)ccc32)c1.[Pt+2]. The molecule has 1 aliphatic rings. The molecule has 0 atom stereocenters. The van der Waals surface area contributed by atoms with Crippen LogP contribution in [0, 0.1) is 17.9 Å². The van der Waals surface area contributed by atoms with Crippen LogP contribution in [0.3, 0.4) is 0 Å². The Morgan fingerprint density at radius 3 is 1.95 bits per heavy atom. The van der Waals surface area contributed by atoms with Crippen LogP contribution in [-0.2, 0) is 26.5 Å². The van der Waals surface area contributed by atoms with Gasteiger partial charge in [-0.2, -0.15) is 12.1 Å². The van der Waals surface area contributed by atoms with Crippen LogP contribution in [0.1, 0.15) is 26.3 Å². The Balaban J connectivity index is 0.00000498. The van der Waals surface area contributed by atoms with Crippen molar-refractivity contribution in [2.75, 3.05) is 0 Å². The second-order valence-electron chi connectivity index (χ2n) is 17.0. The number of aromatic nitrogens is 2. The third-order valence-corrected chi connectivity index (χ3v) is 11.9. The Morgan fingerprint density at radius 2 is 1.25 bits per heavy atom. The van der Waals surface area contributed by atoms with E-state index in [4.69, 9.17) is 9.72 Å². The van der Waals surface area contributed by atoms with E-state index in [-0.39, 0.29) is 32.3 Å². The van der Waals surface area contributed by atoms with Crippen molar-refractivity contribution in [1.29, 1.82) is 0 Å². The molecule has 314 valence electrons. The fourth-order valence-electron chi connectivity index (χ4n) is 8.81. The number of hydrogen-bond acceptors (Lipinski definition) is 2. The van der Waals surface area contributed by atoms with Gasteiger partial charge in [-0.1, -0.05) is 146 Å². The van der Waals surface area contributed by atoms with Crippen LogP contribution >= 0.6 is 0 Å². The predicted octanol–water partition coefficient (Wildman–Crippen LogP) is 14.9. The van der Waals surface area contributed by atoms with E-state index >= 15 is 0 Å². The summed E-state index contributed by atoms with van der Waals surface area (Å²) >= 11 is 0. The van der Waals surface area contributed by atoms with Crippen molar-refractivity contribution < 1.29 is 30.2 Å². The van der Waals surface area contributed by atoms with Gasteiger partial charge in [-0.05, 0) is 79.6 Å². The molecule has 8 aromatic carbocycles. The molecule has 0 bridgehead atoms. The summed E-state index contributed by atoms with van der Waals surface area (Å²) in [5, 5.41) is 1.62. The second-order valence-corrected chi connectivity index (χ2v) is 17.0. The van der Waals surface area contributed by atoms with Gasteiger partial charge < -0.3 is 9.30 Å². The molecule has 1 aliphatic heterocycles. The Morgan fingerprint density at radius 1 is 0.600 bits per heavy atom. The number of rotatable bonds is 8. The maximum absolute atomic E-state index is 14.8. The van der Waals surface area contributed by atoms with Gasteiger partial charge in [0.15, 0.2) is 0 Å². The van der Waals surface area contributed by atoms with Crippen LogP contribution in [0.5, 0.6) is 11.5 Å². The van der Waals surface area contributed by atoms with E-state index in [9.17, 15) is 4.39 Å². The minimum Gasteiger partial charge on any atom is -0.509 e. The first-order chi connectivity index (χ1) is 31.3. The first kappa shape index (κ1) is 41.5. The van der Waals surface area contributed by atoms with E-state index < -0.39 is 0 Å². The maximum atomic E-state index is 14.8. The summed E-state index contributed by atoms with van der Waals surface area (Å²) in [6.07, 6.45) is 1.83. The van der Waals surface area contributed by atoms with Crippen molar-refractivity contribution in [3.05, 3.63) is 218 Å². The van der Waals surface area contributed by atoms with Crippen LogP contribution in [0.25, 0.3) is 61.0 Å². The summed E-state index contributed by atoms with van der Waals surface area (Å²) in [5.74, 6) is 1.42. The molecular formula is C58H41FN4OPt+2. The quantitative estimate of drug-likeness (QED) is 0.112.